The highest BCUT2D eigenvalue weighted by Gasteiger charge is 2.18. The summed E-state index contributed by atoms with van der Waals surface area (Å²) in [7, 11) is 3.61. The number of benzene rings is 1. The number of aryl methyl sites for hydroxylation is 1. The Morgan fingerprint density at radius 1 is 1.47 bits per heavy atom. The number of rotatable bonds is 6. The third kappa shape index (κ3) is 4.24. The van der Waals surface area contributed by atoms with Crippen LogP contribution in [0.2, 0.25) is 0 Å². The fraction of sp³-hybridized carbons (Fsp3) is 0.533. The molecule has 0 aliphatic carbocycles. The molecule has 1 amide bonds. The first-order valence-electron chi connectivity index (χ1n) is 6.61. The third-order valence-corrected chi connectivity index (χ3v) is 3.25. The van der Waals surface area contributed by atoms with Gasteiger partial charge in [-0.25, -0.2) is 0 Å². The number of nitrogens with one attached hydrogen (secondary N) is 1. The van der Waals surface area contributed by atoms with Gasteiger partial charge in [-0.2, -0.15) is 0 Å². The topological polar surface area (TPSA) is 41.6 Å². The van der Waals surface area contributed by atoms with Crippen LogP contribution in [0, 0.1) is 6.92 Å². The molecule has 1 atom stereocenters. The lowest BCUT2D eigenvalue weighted by atomic mass is 10.1. The third-order valence-electron chi connectivity index (χ3n) is 3.25. The van der Waals surface area contributed by atoms with Crippen molar-refractivity contribution in [3.8, 4) is 5.75 Å². The summed E-state index contributed by atoms with van der Waals surface area (Å²) >= 11 is 0. The maximum absolute atomic E-state index is 11.8. The Kier molecular flexibility index (Phi) is 5.83. The van der Waals surface area contributed by atoms with Gasteiger partial charge in [0.15, 0.2) is 0 Å². The molecule has 1 aromatic carbocycles. The highest BCUT2D eigenvalue weighted by Crippen LogP contribution is 2.21. The molecular formula is C15H24N2O2. The van der Waals surface area contributed by atoms with Crippen LogP contribution in [0.5, 0.6) is 5.75 Å². The molecule has 0 heterocycles. The summed E-state index contributed by atoms with van der Waals surface area (Å²) in [4.78, 5) is 13.8. The maximum atomic E-state index is 11.8. The van der Waals surface area contributed by atoms with E-state index >= 15 is 0 Å². The van der Waals surface area contributed by atoms with Crippen LogP contribution in [-0.4, -0.2) is 37.6 Å². The zero-order chi connectivity index (χ0) is 14.4. The standard InChI is InChI=1S/C15H24N2O2/c1-6-16-15(18)12(3)17(4)10-13-9-11(2)7-8-14(13)19-5/h7-9,12H,6,10H2,1-5H3,(H,16,18)/t12-/m0/s1. The number of ether oxygens (including phenoxy) is 1. The van der Waals surface area contributed by atoms with E-state index in [1.165, 1.54) is 5.56 Å². The van der Waals surface area contributed by atoms with Crippen molar-refractivity contribution >= 4 is 5.91 Å². The molecule has 0 aliphatic heterocycles. The van der Waals surface area contributed by atoms with Gasteiger partial charge in [0.1, 0.15) is 5.75 Å². The zero-order valence-corrected chi connectivity index (χ0v) is 12.5. The van der Waals surface area contributed by atoms with Crippen molar-refractivity contribution in [1.29, 1.82) is 0 Å². The molecule has 0 aliphatic rings. The molecule has 4 nitrogen and oxygen atoms in total. The largest absolute Gasteiger partial charge is 0.496 e. The SMILES string of the molecule is CCNC(=O)[C@H](C)N(C)Cc1cc(C)ccc1OC. The van der Waals surface area contributed by atoms with Gasteiger partial charge in [-0.05, 0) is 33.9 Å². The van der Waals surface area contributed by atoms with E-state index in [0.29, 0.717) is 13.1 Å². The fourth-order valence-corrected chi connectivity index (χ4v) is 1.96. The summed E-state index contributed by atoms with van der Waals surface area (Å²) in [5.74, 6) is 0.914. The molecule has 0 unspecified atom stereocenters. The lowest BCUT2D eigenvalue weighted by Gasteiger charge is -2.24. The molecule has 0 radical (unpaired) electrons. The van der Waals surface area contributed by atoms with Gasteiger partial charge in [-0.1, -0.05) is 17.7 Å². The predicted octanol–water partition coefficient (Wildman–Crippen LogP) is 1.96. The van der Waals surface area contributed by atoms with Crippen LogP contribution in [0.25, 0.3) is 0 Å². The lowest BCUT2D eigenvalue weighted by Crippen LogP contribution is -2.42. The van der Waals surface area contributed by atoms with Crippen LogP contribution >= 0.6 is 0 Å². The van der Waals surface area contributed by atoms with Crippen molar-refractivity contribution < 1.29 is 9.53 Å². The zero-order valence-electron chi connectivity index (χ0n) is 12.5. The summed E-state index contributed by atoms with van der Waals surface area (Å²) in [5, 5.41) is 2.84. The predicted molar refractivity (Wildman–Crippen MR) is 77.3 cm³/mol. The minimum atomic E-state index is -0.162. The molecule has 1 aromatic rings. The number of hydrogen-bond acceptors (Lipinski definition) is 3. The molecule has 19 heavy (non-hydrogen) atoms. The molecule has 0 fully saturated rings. The first-order chi connectivity index (χ1) is 8.99. The number of hydrogen-bond donors (Lipinski definition) is 1. The summed E-state index contributed by atoms with van der Waals surface area (Å²) in [6.45, 7) is 7.23. The van der Waals surface area contributed by atoms with Gasteiger partial charge in [0, 0.05) is 18.7 Å². The first-order valence-corrected chi connectivity index (χ1v) is 6.61. The van der Waals surface area contributed by atoms with E-state index in [-0.39, 0.29) is 11.9 Å². The van der Waals surface area contributed by atoms with Crippen LogP contribution in [0.1, 0.15) is 25.0 Å². The minimum Gasteiger partial charge on any atom is -0.496 e. The van der Waals surface area contributed by atoms with Crippen molar-refractivity contribution in [3.63, 3.8) is 0 Å². The second-order valence-corrected chi connectivity index (χ2v) is 4.80. The van der Waals surface area contributed by atoms with Gasteiger partial charge in [0.25, 0.3) is 0 Å². The molecule has 1 N–H and O–H groups in total. The van der Waals surface area contributed by atoms with Gasteiger partial charge in [0.05, 0.1) is 13.2 Å². The number of nitrogens with zero attached hydrogens (tertiary/aromatic N) is 1. The van der Waals surface area contributed by atoms with E-state index in [1.54, 1.807) is 7.11 Å². The molecule has 4 heteroatoms. The van der Waals surface area contributed by atoms with E-state index in [2.05, 4.69) is 18.3 Å². The summed E-state index contributed by atoms with van der Waals surface area (Å²) in [6.07, 6.45) is 0. The molecule has 106 valence electrons. The maximum Gasteiger partial charge on any atom is 0.237 e. The van der Waals surface area contributed by atoms with Crippen LogP contribution < -0.4 is 10.1 Å². The summed E-state index contributed by atoms with van der Waals surface area (Å²) in [6, 6.07) is 5.93. The Morgan fingerprint density at radius 3 is 2.74 bits per heavy atom. The van der Waals surface area contributed by atoms with Gasteiger partial charge >= 0.3 is 0 Å². The number of methoxy groups -OCH3 is 1. The number of likely N-dealkylation sites (N-methyl/N-ethyl adjacent to an activating group) is 2. The summed E-state index contributed by atoms with van der Waals surface area (Å²) < 4.78 is 5.36. The van der Waals surface area contributed by atoms with Gasteiger partial charge < -0.3 is 10.1 Å². The Hall–Kier alpha value is -1.55. The van der Waals surface area contributed by atoms with E-state index in [1.807, 2.05) is 37.9 Å². The van der Waals surface area contributed by atoms with Crippen molar-refractivity contribution in [2.45, 2.75) is 33.4 Å². The van der Waals surface area contributed by atoms with E-state index in [4.69, 9.17) is 4.74 Å². The lowest BCUT2D eigenvalue weighted by molar-refractivity contribution is -0.125. The van der Waals surface area contributed by atoms with Crippen LogP contribution in [-0.2, 0) is 11.3 Å². The monoisotopic (exact) mass is 264 g/mol. The van der Waals surface area contributed by atoms with E-state index < -0.39 is 0 Å². The quantitative estimate of drug-likeness (QED) is 0.854. The first kappa shape index (κ1) is 15.5. The van der Waals surface area contributed by atoms with E-state index in [9.17, 15) is 4.79 Å². The molecule has 0 saturated heterocycles. The summed E-state index contributed by atoms with van der Waals surface area (Å²) in [5.41, 5.74) is 2.29. The second kappa shape index (κ2) is 7.14. The van der Waals surface area contributed by atoms with Crippen molar-refractivity contribution in [2.75, 3.05) is 20.7 Å². The fourth-order valence-electron chi connectivity index (χ4n) is 1.96. The van der Waals surface area contributed by atoms with Crippen molar-refractivity contribution in [2.24, 2.45) is 0 Å². The molecule has 0 saturated carbocycles. The molecule has 0 bridgehead atoms. The molecular weight excluding hydrogens is 240 g/mol. The highest BCUT2D eigenvalue weighted by atomic mass is 16.5. The van der Waals surface area contributed by atoms with Gasteiger partial charge in [0.2, 0.25) is 5.91 Å². The average molecular weight is 264 g/mol. The van der Waals surface area contributed by atoms with Gasteiger partial charge in [-0.15, -0.1) is 0 Å². The Balaban J connectivity index is 2.78. The number of carbonyl (C=O) groups is 1. The smallest absolute Gasteiger partial charge is 0.237 e. The number of carbonyl (C=O) groups excluding carboxylic acids is 1. The highest BCUT2D eigenvalue weighted by molar-refractivity contribution is 5.81. The van der Waals surface area contributed by atoms with Gasteiger partial charge in [-0.3, -0.25) is 9.69 Å². The van der Waals surface area contributed by atoms with Crippen molar-refractivity contribution in [1.82, 2.24) is 10.2 Å². The minimum absolute atomic E-state index is 0.0524. The molecule has 1 rings (SSSR count). The second-order valence-electron chi connectivity index (χ2n) is 4.80. The van der Waals surface area contributed by atoms with E-state index in [0.717, 1.165) is 11.3 Å². The van der Waals surface area contributed by atoms with Crippen LogP contribution in [0.4, 0.5) is 0 Å². The molecule has 0 spiro atoms. The average Bonchev–Trinajstić information content (AvgIpc) is 2.38. The Morgan fingerprint density at radius 2 is 2.16 bits per heavy atom. The molecule has 0 aromatic heterocycles. The van der Waals surface area contributed by atoms with Crippen molar-refractivity contribution in [3.05, 3.63) is 29.3 Å². The Labute approximate surface area is 115 Å². The van der Waals surface area contributed by atoms with Crippen LogP contribution in [0.15, 0.2) is 18.2 Å². The number of amides is 1. The Bertz CT molecular complexity index is 432. The van der Waals surface area contributed by atoms with Crippen LogP contribution in [0.3, 0.4) is 0 Å². The normalized spacial score (nSPS) is 12.3.